The number of ether oxygens (including phenoxy) is 1. The summed E-state index contributed by atoms with van der Waals surface area (Å²) >= 11 is 7.41. The number of hydrogen-bond donors (Lipinski definition) is 0. The molecular formula is C25H28ClN3O6S2. The molecule has 0 atom stereocenters. The molecule has 0 aliphatic carbocycles. The molecule has 0 saturated carbocycles. The predicted molar refractivity (Wildman–Crippen MR) is 143 cm³/mol. The lowest BCUT2D eigenvalue weighted by Gasteiger charge is -2.27. The fraction of sp³-hybridized carbons (Fsp3) is 0.320. The number of nitrogens with zero attached hydrogens (tertiary/aromatic N) is 3. The highest BCUT2D eigenvalue weighted by Gasteiger charge is 2.30. The molecule has 37 heavy (non-hydrogen) atoms. The first-order valence-corrected chi connectivity index (χ1v) is 14.1. The summed E-state index contributed by atoms with van der Waals surface area (Å²) < 4.78 is 33.2. The van der Waals surface area contributed by atoms with Crippen molar-refractivity contribution in [3.05, 3.63) is 91.1 Å². The predicted octanol–water partition coefficient (Wildman–Crippen LogP) is 4.87. The van der Waals surface area contributed by atoms with Gasteiger partial charge in [-0.2, -0.15) is 4.31 Å². The molecule has 2 aromatic carbocycles. The molecule has 0 saturated heterocycles. The van der Waals surface area contributed by atoms with Crippen LogP contribution in [0.2, 0.25) is 5.02 Å². The Morgan fingerprint density at radius 1 is 1.14 bits per heavy atom. The molecule has 0 fully saturated rings. The fourth-order valence-corrected chi connectivity index (χ4v) is 6.19. The number of nitro groups is 1. The molecule has 0 aliphatic heterocycles. The minimum atomic E-state index is -4.26. The maximum Gasteiger partial charge on any atom is 0.289 e. The summed E-state index contributed by atoms with van der Waals surface area (Å²) in [4.78, 5) is 26.5. The van der Waals surface area contributed by atoms with Crippen molar-refractivity contribution >= 4 is 44.6 Å². The molecular weight excluding hydrogens is 538 g/mol. The molecule has 12 heteroatoms. The molecule has 1 aromatic heterocycles. The first-order chi connectivity index (χ1) is 17.6. The number of halogens is 1. The maximum absolute atomic E-state index is 13.6. The highest BCUT2D eigenvalue weighted by atomic mass is 35.5. The van der Waals surface area contributed by atoms with E-state index in [4.69, 9.17) is 16.3 Å². The molecule has 0 N–H and O–H groups in total. The number of aryl methyl sites for hydroxylation is 1. The first-order valence-electron chi connectivity index (χ1n) is 11.4. The van der Waals surface area contributed by atoms with Gasteiger partial charge in [0.15, 0.2) is 0 Å². The van der Waals surface area contributed by atoms with Gasteiger partial charge in [-0.1, -0.05) is 41.9 Å². The number of sulfonamides is 1. The van der Waals surface area contributed by atoms with Gasteiger partial charge in [0, 0.05) is 37.7 Å². The van der Waals surface area contributed by atoms with E-state index in [1.54, 1.807) is 4.90 Å². The van der Waals surface area contributed by atoms with Crippen LogP contribution in [0.1, 0.15) is 22.4 Å². The molecule has 3 rings (SSSR count). The minimum Gasteiger partial charge on any atom is -0.385 e. The van der Waals surface area contributed by atoms with Crippen LogP contribution in [0.5, 0.6) is 0 Å². The second-order valence-electron chi connectivity index (χ2n) is 8.32. The van der Waals surface area contributed by atoms with E-state index in [0.717, 1.165) is 26.4 Å². The van der Waals surface area contributed by atoms with Gasteiger partial charge < -0.3 is 9.64 Å². The van der Waals surface area contributed by atoms with E-state index in [1.165, 1.54) is 30.6 Å². The van der Waals surface area contributed by atoms with Crippen LogP contribution < -0.4 is 0 Å². The average molecular weight is 566 g/mol. The molecule has 3 aromatic rings. The van der Waals surface area contributed by atoms with Crippen molar-refractivity contribution in [2.45, 2.75) is 31.3 Å². The lowest BCUT2D eigenvalue weighted by Crippen LogP contribution is -2.43. The highest BCUT2D eigenvalue weighted by molar-refractivity contribution is 7.89. The summed E-state index contributed by atoms with van der Waals surface area (Å²) in [6.45, 7) is 2.44. The van der Waals surface area contributed by atoms with Crippen LogP contribution in [-0.4, -0.2) is 55.3 Å². The van der Waals surface area contributed by atoms with Crippen molar-refractivity contribution in [1.82, 2.24) is 9.21 Å². The quantitative estimate of drug-likeness (QED) is 0.166. The monoisotopic (exact) mass is 565 g/mol. The van der Waals surface area contributed by atoms with Gasteiger partial charge in [-0.05, 0) is 48.1 Å². The third kappa shape index (κ3) is 7.59. The molecule has 0 unspecified atom stereocenters. The smallest absolute Gasteiger partial charge is 0.289 e. The van der Waals surface area contributed by atoms with Crippen LogP contribution >= 0.6 is 22.9 Å². The third-order valence-electron chi connectivity index (χ3n) is 5.69. The maximum atomic E-state index is 13.6. The van der Waals surface area contributed by atoms with Gasteiger partial charge in [-0.3, -0.25) is 14.9 Å². The number of amides is 1. The number of thiophene rings is 1. The molecule has 0 radical (unpaired) electrons. The summed E-state index contributed by atoms with van der Waals surface area (Å²) in [6, 6.07) is 14.7. The van der Waals surface area contributed by atoms with Gasteiger partial charge >= 0.3 is 0 Å². The van der Waals surface area contributed by atoms with E-state index in [9.17, 15) is 23.3 Å². The largest absolute Gasteiger partial charge is 0.385 e. The molecule has 198 valence electrons. The summed E-state index contributed by atoms with van der Waals surface area (Å²) in [7, 11) is -2.76. The Hall–Kier alpha value is -2.83. The highest BCUT2D eigenvalue weighted by Crippen LogP contribution is 2.29. The van der Waals surface area contributed by atoms with E-state index >= 15 is 0 Å². The number of nitro benzene ring substituents is 1. The first kappa shape index (κ1) is 28.7. The number of methoxy groups -OCH3 is 1. The Morgan fingerprint density at radius 2 is 1.86 bits per heavy atom. The van der Waals surface area contributed by atoms with Crippen LogP contribution in [0.3, 0.4) is 0 Å². The molecule has 1 amide bonds. The summed E-state index contributed by atoms with van der Waals surface area (Å²) in [5, 5.41) is 13.1. The lowest BCUT2D eigenvalue weighted by molar-refractivity contribution is -0.384. The normalized spacial score (nSPS) is 11.6. The van der Waals surface area contributed by atoms with Crippen molar-refractivity contribution in [2.75, 3.05) is 26.8 Å². The van der Waals surface area contributed by atoms with E-state index in [2.05, 4.69) is 0 Å². The van der Waals surface area contributed by atoms with Crippen molar-refractivity contribution in [2.24, 2.45) is 0 Å². The fourth-order valence-electron chi connectivity index (χ4n) is 3.64. The lowest BCUT2D eigenvalue weighted by atomic mass is 10.2. The van der Waals surface area contributed by atoms with Gasteiger partial charge in [0.05, 0.1) is 22.9 Å². The van der Waals surface area contributed by atoms with Crippen LogP contribution in [0.25, 0.3) is 0 Å². The van der Waals surface area contributed by atoms with Crippen molar-refractivity contribution in [3.8, 4) is 0 Å². The van der Waals surface area contributed by atoms with Crippen LogP contribution in [0.4, 0.5) is 5.69 Å². The zero-order valence-electron chi connectivity index (χ0n) is 20.5. The van der Waals surface area contributed by atoms with E-state index in [0.29, 0.717) is 19.5 Å². The van der Waals surface area contributed by atoms with Gasteiger partial charge in [0.1, 0.15) is 5.02 Å². The minimum absolute atomic E-state index is 0.00442. The average Bonchev–Trinajstić information content (AvgIpc) is 3.27. The number of rotatable bonds is 13. The van der Waals surface area contributed by atoms with Crippen molar-refractivity contribution < 1.29 is 22.9 Å². The van der Waals surface area contributed by atoms with Crippen molar-refractivity contribution in [3.63, 3.8) is 0 Å². The number of hydrogen-bond acceptors (Lipinski definition) is 7. The summed E-state index contributed by atoms with van der Waals surface area (Å²) in [5.41, 5.74) is 1.44. The second kappa shape index (κ2) is 13.1. The Kier molecular flexibility index (Phi) is 10.2. The molecule has 1 heterocycles. The Balaban J connectivity index is 1.92. The van der Waals surface area contributed by atoms with Gasteiger partial charge in [-0.25, -0.2) is 8.42 Å². The number of carbonyl (C=O) groups is 1. The topological polar surface area (TPSA) is 110 Å². The van der Waals surface area contributed by atoms with Gasteiger partial charge in [0.2, 0.25) is 15.9 Å². The van der Waals surface area contributed by atoms with E-state index in [-0.39, 0.29) is 29.0 Å². The molecule has 0 aliphatic rings. The van der Waals surface area contributed by atoms with E-state index < -0.39 is 27.2 Å². The van der Waals surface area contributed by atoms with E-state index in [1.807, 2.05) is 48.7 Å². The summed E-state index contributed by atoms with van der Waals surface area (Å²) in [6.07, 6.45) is 0.335. The van der Waals surface area contributed by atoms with Crippen molar-refractivity contribution in [1.29, 1.82) is 0 Å². The van der Waals surface area contributed by atoms with Gasteiger partial charge in [-0.15, -0.1) is 11.3 Å². The van der Waals surface area contributed by atoms with Gasteiger partial charge in [0.25, 0.3) is 5.69 Å². The molecule has 0 bridgehead atoms. The molecule has 0 spiro atoms. The second-order valence-corrected chi connectivity index (χ2v) is 11.7. The zero-order chi connectivity index (χ0) is 27.0. The Bertz CT molecular complexity index is 1330. The SMILES string of the molecule is COCCCN(CC(=O)N(Cc1ccccc1)Cc1sccc1C)S(=O)(=O)c1ccc(Cl)c([N+](=O)[O-])c1. The van der Waals surface area contributed by atoms with Crippen LogP contribution in [0.15, 0.2) is 64.9 Å². The Labute approximate surface area is 225 Å². The number of carbonyl (C=O) groups excluding carboxylic acids is 1. The van der Waals surface area contributed by atoms with Crippen LogP contribution in [0, 0.1) is 17.0 Å². The van der Waals surface area contributed by atoms with Crippen LogP contribution in [-0.2, 0) is 32.6 Å². The molecule has 9 nitrogen and oxygen atoms in total. The number of benzene rings is 2. The zero-order valence-corrected chi connectivity index (χ0v) is 22.9. The Morgan fingerprint density at radius 3 is 2.49 bits per heavy atom. The third-order valence-corrected chi connectivity index (χ3v) is 8.86. The summed E-state index contributed by atoms with van der Waals surface area (Å²) in [5.74, 6) is -0.388. The standard InChI is InChI=1S/C25H28ClN3O6S2/c1-19-11-14-36-24(19)17-27(16-20-7-4-3-5-8-20)25(30)18-28(12-6-13-35-2)37(33,34)21-9-10-22(26)23(15-21)29(31)32/h3-5,7-11,14-15H,6,12-13,16-18H2,1-2H3.